The number of benzene rings is 2. The molecule has 0 heterocycles. The van der Waals surface area contributed by atoms with E-state index in [9.17, 15) is 14.0 Å². The van der Waals surface area contributed by atoms with Crippen molar-refractivity contribution >= 4 is 29.2 Å². The molecule has 2 N–H and O–H groups in total. The highest BCUT2D eigenvalue weighted by atomic mass is 35.5. The molecule has 1 amide bonds. The van der Waals surface area contributed by atoms with Crippen LogP contribution in [0.2, 0.25) is 5.02 Å². The zero-order valence-corrected chi connectivity index (χ0v) is 11.7. The largest absolute Gasteiger partial charge is 0.478 e. The van der Waals surface area contributed by atoms with Gasteiger partial charge < -0.3 is 10.4 Å². The molecule has 108 valence electrons. The van der Waals surface area contributed by atoms with Crippen LogP contribution in [0, 0.1) is 12.7 Å². The van der Waals surface area contributed by atoms with Gasteiger partial charge in [-0.05, 0) is 36.8 Å². The Morgan fingerprint density at radius 3 is 2.57 bits per heavy atom. The van der Waals surface area contributed by atoms with Crippen molar-refractivity contribution in [1.82, 2.24) is 0 Å². The van der Waals surface area contributed by atoms with Gasteiger partial charge in [-0.3, -0.25) is 4.79 Å². The maximum Gasteiger partial charge on any atom is 0.337 e. The fourth-order valence-electron chi connectivity index (χ4n) is 1.79. The fourth-order valence-corrected chi connectivity index (χ4v) is 1.99. The Bertz CT molecular complexity index is 731. The van der Waals surface area contributed by atoms with Gasteiger partial charge in [-0.15, -0.1) is 0 Å². The third-order valence-corrected chi connectivity index (χ3v) is 3.22. The van der Waals surface area contributed by atoms with Crippen LogP contribution in [0.1, 0.15) is 26.3 Å². The molecule has 2 rings (SSSR count). The Morgan fingerprint density at radius 1 is 1.19 bits per heavy atom. The summed E-state index contributed by atoms with van der Waals surface area (Å²) in [6, 6.07) is 8.49. The molecule has 0 unspecified atom stereocenters. The Kier molecular flexibility index (Phi) is 4.23. The van der Waals surface area contributed by atoms with Crippen molar-refractivity contribution in [2.24, 2.45) is 0 Å². The predicted octanol–water partition coefficient (Wildman–Crippen LogP) is 3.74. The molecule has 0 spiro atoms. The lowest BCUT2D eigenvalue weighted by Crippen LogP contribution is -2.14. The first-order valence-electron chi connectivity index (χ1n) is 5.99. The number of rotatable bonds is 3. The summed E-state index contributed by atoms with van der Waals surface area (Å²) >= 11 is 5.74. The fraction of sp³-hybridized carbons (Fsp3) is 0.0667. The van der Waals surface area contributed by atoms with Crippen LogP contribution in [0.5, 0.6) is 0 Å². The minimum atomic E-state index is -1.21. The topological polar surface area (TPSA) is 66.4 Å². The maximum atomic E-state index is 13.9. The van der Waals surface area contributed by atoms with Crippen LogP contribution in [0.15, 0.2) is 36.4 Å². The molecule has 0 radical (unpaired) electrons. The predicted molar refractivity (Wildman–Crippen MR) is 77.5 cm³/mol. The van der Waals surface area contributed by atoms with Crippen molar-refractivity contribution in [3.63, 3.8) is 0 Å². The SMILES string of the molecule is Cc1cccc(C(=O)Nc2ccc(Cl)c(C(=O)O)c2)c1F. The highest BCUT2D eigenvalue weighted by Crippen LogP contribution is 2.21. The van der Waals surface area contributed by atoms with Crippen LogP contribution in [-0.4, -0.2) is 17.0 Å². The van der Waals surface area contributed by atoms with E-state index in [0.717, 1.165) is 0 Å². The lowest BCUT2D eigenvalue weighted by molar-refractivity contribution is 0.0696. The van der Waals surface area contributed by atoms with Gasteiger partial charge >= 0.3 is 5.97 Å². The molecule has 6 heteroatoms. The van der Waals surface area contributed by atoms with E-state index >= 15 is 0 Å². The smallest absolute Gasteiger partial charge is 0.337 e. The molecule has 0 saturated carbocycles. The van der Waals surface area contributed by atoms with Crippen molar-refractivity contribution in [3.8, 4) is 0 Å². The summed E-state index contributed by atoms with van der Waals surface area (Å²) in [4.78, 5) is 23.0. The Hall–Kier alpha value is -2.40. The number of aromatic carboxylic acids is 1. The van der Waals surface area contributed by atoms with E-state index in [2.05, 4.69) is 5.32 Å². The number of halogens is 2. The first-order valence-corrected chi connectivity index (χ1v) is 6.37. The zero-order chi connectivity index (χ0) is 15.6. The molecule has 0 aliphatic rings. The second-order valence-electron chi connectivity index (χ2n) is 4.39. The van der Waals surface area contributed by atoms with E-state index in [1.807, 2.05) is 0 Å². The standard InChI is InChI=1S/C15H11ClFNO3/c1-8-3-2-4-10(13(8)17)14(19)18-9-5-6-12(16)11(7-9)15(20)21/h2-7H,1H3,(H,18,19)(H,20,21). The lowest BCUT2D eigenvalue weighted by Gasteiger charge is -2.08. The molecule has 0 bridgehead atoms. The molecule has 4 nitrogen and oxygen atoms in total. The molecule has 0 atom stereocenters. The molecular formula is C15H11ClFNO3. The van der Waals surface area contributed by atoms with Crippen molar-refractivity contribution in [2.75, 3.05) is 5.32 Å². The zero-order valence-electron chi connectivity index (χ0n) is 11.0. The van der Waals surface area contributed by atoms with Gasteiger partial charge in [0.2, 0.25) is 0 Å². The van der Waals surface area contributed by atoms with Crippen LogP contribution in [-0.2, 0) is 0 Å². The summed E-state index contributed by atoms with van der Waals surface area (Å²) in [7, 11) is 0. The summed E-state index contributed by atoms with van der Waals surface area (Å²) < 4.78 is 13.9. The van der Waals surface area contributed by atoms with Gasteiger partial charge in [-0.2, -0.15) is 0 Å². The number of hydrogen-bond donors (Lipinski definition) is 2. The highest BCUT2D eigenvalue weighted by Gasteiger charge is 2.15. The highest BCUT2D eigenvalue weighted by molar-refractivity contribution is 6.33. The molecule has 0 saturated heterocycles. The van der Waals surface area contributed by atoms with Gasteiger partial charge in [0, 0.05) is 5.69 Å². The van der Waals surface area contributed by atoms with Gasteiger partial charge in [0.15, 0.2) is 0 Å². The van der Waals surface area contributed by atoms with Gasteiger partial charge in [0.05, 0.1) is 16.1 Å². The van der Waals surface area contributed by atoms with E-state index in [1.165, 1.54) is 24.3 Å². The molecule has 0 aliphatic carbocycles. The summed E-state index contributed by atoms with van der Waals surface area (Å²) in [6.07, 6.45) is 0. The summed E-state index contributed by atoms with van der Waals surface area (Å²) in [5.41, 5.74) is 0.327. The summed E-state index contributed by atoms with van der Waals surface area (Å²) in [6.45, 7) is 1.55. The van der Waals surface area contributed by atoms with Crippen molar-refractivity contribution in [2.45, 2.75) is 6.92 Å². The first-order chi connectivity index (χ1) is 9.90. The number of amides is 1. The van der Waals surface area contributed by atoms with Crippen LogP contribution in [0.4, 0.5) is 10.1 Å². The van der Waals surface area contributed by atoms with Crippen LogP contribution in [0.25, 0.3) is 0 Å². The van der Waals surface area contributed by atoms with E-state index in [4.69, 9.17) is 16.7 Å². The normalized spacial score (nSPS) is 10.2. The summed E-state index contributed by atoms with van der Waals surface area (Å²) in [5, 5.41) is 11.5. The minimum absolute atomic E-state index is 0.0576. The van der Waals surface area contributed by atoms with Crippen LogP contribution < -0.4 is 5.32 Å². The second kappa shape index (κ2) is 5.93. The van der Waals surface area contributed by atoms with Gasteiger partial charge in [0.1, 0.15) is 5.82 Å². The minimum Gasteiger partial charge on any atom is -0.478 e. The molecule has 21 heavy (non-hydrogen) atoms. The molecule has 0 aromatic heterocycles. The van der Waals surface area contributed by atoms with E-state index in [0.29, 0.717) is 5.56 Å². The number of carboxylic acids is 1. The average molecular weight is 308 g/mol. The van der Waals surface area contributed by atoms with Crippen molar-refractivity contribution in [3.05, 3.63) is 63.9 Å². The van der Waals surface area contributed by atoms with Gasteiger partial charge in [-0.25, -0.2) is 9.18 Å². The van der Waals surface area contributed by atoms with Crippen molar-refractivity contribution < 1.29 is 19.1 Å². The molecule has 0 aliphatic heterocycles. The number of hydrogen-bond acceptors (Lipinski definition) is 2. The molecule has 2 aromatic rings. The Balaban J connectivity index is 2.30. The first kappa shape index (κ1) is 15.0. The molecular weight excluding hydrogens is 297 g/mol. The number of carboxylic acid groups (broad SMARTS) is 1. The maximum absolute atomic E-state index is 13.9. The lowest BCUT2D eigenvalue weighted by atomic mass is 10.1. The van der Waals surface area contributed by atoms with E-state index in [1.54, 1.807) is 19.1 Å². The Labute approximate surface area is 125 Å². The molecule has 2 aromatic carbocycles. The number of carbonyl (C=O) groups is 2. The third-order valence-electron chi connectivity index (χ3n) is 2.89. The monoisotopic (exact) mass is 307 g/mol. The number of nitrogens with one attached hydrogen (secondary N) is 1. The number of aryl methyl sites for hydroxylation is 1. The second-order valence-corrected chi connectivity index (χ2v) is 4.80. The quantitative estimate of drug-likeness (QED) is 0.907. The average Bonchev–Trinajstić information content (AvgIpc) is 2.43. The van der Waals surface area contributed by atoms with E-state index in [-0.39, 0.29) is 21.8 Å². The Morgan fingerprint density at radius 2 is 1.90 bits per heavy atom. The van der Waals surface area contributed by atoms with Crippen LogP contribution >= 0.6 is 11.6 Å². The van der Waals surface area contributed by atoms with Crippen molar-refractivity contribution in [1.29, 1.82) is 0 Å². The summed E-state index contributed by atoms with van der Waals surface area (Å²) in [5.74, 6) is -2.48. The number of anilines is 1. The molecule has 0 fully saturated rings. The van der Waals surface area contributed by atoms with Gasteiger partial charge in [-0.1, -0.05) is 23.7 Å². The van der Waals surface area contributed by atoms with E-state index < -0.39 is 17.7 Å². The van der Waals surface area contributed by atoms with Crippen LogP contribution in [0.3, 0.4) is 0 Å². The third kappa shape index (κ3) is 3.20. The number of carbonyl (C=O) groups excluding carboxylic acids is 1. The van der Waals surface area contributed by atoms with Gasteiger partial charge in [0.25, 0.3) is 5.91 Å².